The maximum atomic E-state index is 3.53. The zero-order valence-electron chi connectivity index (χ0n) is 11.0. The van der Waals surface area contributed by atoms with Crippen LogP contribution in [-0.4, -0.2) is 12.6 Å². The summed E-state index contributed by atoms with van der Waals surface area (Å²) in [5.74, 6) is 0. The van der Waals surface area contributed by atoms with Gasteiger partial charge in [-0.15, -0.1) is 0 Å². The SMILES string of the molecule is CCCCCCCCC=CCCNC1CC1. The molecular weight excluding hydrogens is 194 g/mol. The molecule has 1 saturated carbocycles. The van der Waals surface area contributed by atoms with Gasteiger partial charge in [-0.3, -0.25) is 0 Å². The summed E-state index contributed by atoms with van der Waals surface area (Å²) in [6.45, 7) is 3.45. The molecule has 1 rings (SSSR count). The summed E-state index contributed by atoms with van der Waals surface area (Å²) in [7, 11) is 0. The van der Waals surface area contributed by atoms with Crippen LogP contribution in [0.1, 0.15) is 71.1 Å². The van der Waals surface area contributed by atoms with E-state index in [1.165, 1.54) is 70.8 Å². The van der Waals surface area contributed by atoms with Gasteiger partial charge in [0, 0.05) is 6.04 Å². The molecule has 1 fully saturated rings. The summed E-state index contributed by atoms with van der Waals surface area (Å²) >= 11 is 0. The highest BCUT2D eigenvalue weighted by Crippen LogP contribution is 2.18. The number of unbranched alkanes of at least 4 members (excludes halogenated alkanes) is 6. The molecule has 0 atom stereocenters. The molecular formula is C15H29N. The summed E-state index contributed by atoms with van der Waals surface area (Å²) in [4.78, 5) is 0. The van der Waals surface area contributed by atoms with Crippen LogP contribution in [0.3, 0.4) is 0 Å². The molecule has 0 saturated heterocycles. The minimum Gasteiger partial charge on any atom is -0.314 e. The van der Waals surface area contributed by atoms with Gasteiger partial charge in [-0.25, -0.2) is 0 Å². The van der Waals surface area contributed by atoms with Crippen molar-refractivity contribution in [1.29, 1.82) is 0 Å². The lowest BCUT2D eigenvalue weighted by atomic mass is 10.1. The van der Waals surface area contributed by atoms with Gasteiger partial charge in [0.1, 0.15) is 0 Å². The molecule has 0 aromatic carbocycles. The zero-order chi connectivity index (χ0) is 11.5. The molecule has 0 spiro atoms. The van der Waals surface area contributed by atoms with E-state index in [0.717, 1.165) is 6.04 Å². The molecule has 0 aliphatic heterocycles. The second-order valence-corrected chi connectivity index (χ2v) is 5.04. The Morgan fingerprint density at radius 3 is 2.38 bits per heavy atom. The van der Waals surface area contributed by atoms with Crippen molar-refractivity contribution in [2.45, 2.75) is 77.2 Å². The lowest BCUT2D eigenvalue weighted by Crippen LogP contribution is -2.16. The Morgan fingerprint density at radius 2 is 1.62 bits per heavy atom. The Labute approximate surface area is 102 Å². The second kappa shape index (κ2) is 9.89. The van der Waals surface area contributed by atoms with Gasteiger partial charge in [-0.1, -0.05) is 51.2 Å². The molecule has 16 heavy (non-hydrogen) atoms. The maximum absolute atomic E-state index is 3.53. The highest BCUT2D eigenvalue weighted by atomic mass is 14.9. The van der Waals surface area contributed by atoms with Crippen LogP contribution < -0.4 is 5.32 Å². The van der Waals surface area contributed by atoms with Crippen LogP contribution in [0.2, 0.25) is 0 Å². The van der Waals surface area contributed by atoms with Gasteiger partial charge in [0.15, 0.2) is 0 Å². The van der Waals surface area contributed by atoms with E-state index in [0.29, 0.717) is 0 Å². The molecule has 1 heteroatoms. The van der Waals surface area contributed by atoms with Crippen LogP contribution in [-0.2, 0) is 0 Å². The lowest BCUT2D eigenvalue weighted by Gasteiger charge is -1.98. The third-order valence-electron chi connectivity index (χ3n) is 3.21. The van der Waals surface area contributed by atoms with Crippen molar-refractivity contribution in [2.75, 3.05) is 6.54 Å². The van der Waals surface area contributed by atoms with Gasteiger partial charge in [0.25, 0.3) is 0 Å². The summed E-state index contributed by atoms with van der Waals surface area (Å²) in [5, 5.41) is 3.53. The summed E-state index contributed by atoms with van der Waals surface area (Å²) < 4.78 is 0. The Morgan fingerprint density at radius 1 is 0.938 bits per heavy atom. The molecule has 0 amide bonds. The molecule has 0 unspecified atom stereocenters. The van der Waals surface area contributed by atoms with E-state index in [-0.39, 0.29) is 0 Å². The maximum Gasteiger partial charge on any atom is 0.00683 e. The standard InChI is InChI=1S/C15H29N/c1-2-3-4-5-6-7-8-9-10-11-14-16-15-12-13-15/h9-10,15-16H,2-8,11-14H2,1H3. The number of allylic oxidation sites excluding steroid dienone is 1. The van der Waals surface area contributed by atoms with Gasteiger partial charge in [-0.05, 0) is 38.6 Å². The minimum atomic E-state index is 0.868. The molecule has 0 bridgehead atoms. The van der Waals surface area contributed by atoms with E-state index in [4.69, 9.17) is 0 Å². The van der Waals surface area contributed by atoms with Gasteiger partial charge in [-0.2, -0.15) is 0 Å². The largest absolute Gasteiger partial charge is 0.314 e. The van der Waals surface area contributed by atoms with Crippen LogP contribution in [0.4, 0.5) is 0 Å². The van der Waals surface area contributed by atoms with E-state index < -0.39 is 0 Å². The summed E-state index contributed by atoms with van der Waals surface area (Å²) in [6.07, 6.45) is 18.5. The Kier molecular flexibility index (Phi) is 8.51. The highest BCUT2D eigenvalue weighted by Gasteiger charge is 2.19. The third-order valence-corrected chi connectivity index (χ3v) is 3.21. The second-order valence-electron chi connectivity index (χ2n) is 5.04. The quantitative estimate of drug-likeness (QED) is 0.403. The molecule has 0 aromatic heterocycles. The van der Waals surface area contributed by atoms with E-state index in [2.05, 4.69) is 24.4 Å². The molecule has 0 aromatic rings. The highest BCUT2D eigenvalue weighted by molar-refractivity contribution is 4.85. The number of hydrogen-bond donors (Lipinski definition) is 1. The van der Waals surface area contributed by atoms with Crippen LogP contribution >= 0.6 is 0 Å². The average molecular weight is 223 g/mol. The molecule has 0 heterocycles. The molecule has 1 aliphatic carbocycles. The van der Waals surface area contributed by atoms with Crippen LogP contribution in [0.25, 0.3) is 0 Å². The predicted octanol–water partition coefficient (Wildman–Crippen LogP) is 4.44. The minimum absolute atomic E-state index is 0.868. The first kappa shape index (κ1) is 13.8. The van der Waals surface area contributed by atoms with E-state index in [1.807, 2.05) is 0 Å². The Bertz CT molecular complexity index is 170. The van der Waals surface area contributed by atoms with E-state index in [9.17, 15) is 0 Å². The summed E-state index contributed by atoms with van der Waals surface area (Å²) in [6, 6.07) is 0.868. The zero-order valence-corrected chi connectivity index (χ0v) is 11.0. The molecule has 0 radical (unpaired) electrons. The number of rotatable bonds is 11. The van der Waals surface area contributed by atoms with Crippen molar-refractivity contribution in [3.8, 4) is 0 Å². The lowest BCUT2D eigenvalue weighted by molar-refractivity contribution is 0.610. The van der Waals surface area contributed by atoms with Crippen molar-refractivity contribution in [2.24, 2.45) is 0 Å². The first-order chi connectivity index (χ1) is 7.93. The predicted molar refractivity (Wildman–Crippen MR) is 72.8 cm³/mol. The van der Waals surface area contributed by atoms with Crippen molar-refractivity contribution in [3.05, 3.63) is 12.2 Å². The van der Waals surface area contributed by atoms with Crippen molar-refractivity contribution < 1.29 is 0 Å². The van der Waals surface area contributed by atoms with Gasteiger partial charge >= 0.3 is 0 Å². The van der Waals surface area contributed by atoms with Crippen molar-refractivity contribution in [1.82, 2.24) is 5.32 Å². The van der Waals surface area contributed by atoms with E-state index in [1.54, 1.807) is 0 Å². The first-order valence-corrected chi connectivity index (χ1v) is 7.32. The average Bonchev–Trinajstić information content (AvgIpc) is 3.10. The number of nitrogens with one attached hydrogen (secondary N) is 1. The third kappa shape index (κ3) is 8.96. The molecule has 1 nitrogen and oxygen atoms in total. The summed E-state index contributed by atoms with van der Waals surface area (Å²) in [5.41, 5.74) is 0. The Balaban J connectivity index is 1.70. The Hall–Kier alpha value is -0.300. The molecule has 1 aliphatic rings. The molecule has 94 valence electrons. The van der Waals surface area contributed by atoms with Gasteiger partial charge in [0.05, 0.1) is 0 Å². The number of hydrogen-bond acceptors (Lipinski definition) is 1. The molecule has 1 N–H and O–H groups in total. The smallest absolute Gasteiger partial charge is 0.00683 e. The fourth-order valence-electron chi connectivity index (χ4n) is 1.94. The normalized spacial score (nSPS) is 16.1. The van der Waals surface area contributed by atoms with Crippen LogP contribution in [0.5, 0.6) is 0 Å². The topological polar surface area (TPSA) is 12.0 Å². The fourth-order valence-corrected chi connectivity index (χ4v) is 1.94. The monoisotopic (exact) mass is 223 g/mol. The van der Waals surface area contributed by atoms with Gasteiger partial charge < -0.3 is 5.32 Å². The van der Waals surface area contributed by atoms with Crippen LogP contribution in [0.15, 0.2) is 12.2 Å². The van der Waals surface area contributed by atoms with Crippen LogP contribution in [0, 0.1) is 0 Å². The van der Waals surface area contributed by atoms with Crippen molar-refractivity contribution in [3.63, 3.8) is 0 Å². The fraction of sp³-hybridized carbons (Fsp3) is 0.867. The van der Waals surface area contributed by atoms with Crippen molar-refractivity contribution >= 4 is 0 Å². The first-order valence-electron chi connectivity index (χ1n) is 7.32. The van der Waals surface area contributed by atoms with Gasteiger partial charge in [0.2, 0.25) is 0 Å². The van der Waals surface area contributed by atoms with E-state index >= 15 is 0 Å².